The van der Waals surface area contributed by atoms with Crippen molar-refractivity contribution in [1.29, 1.82) is 0 Å². The van der Waals surface area contributed by atoms with Crippen LogP contribution in [-0.2, 0) is 6.54 Å². The van der Waals surface area contributed by atoms with Crippen LogP contribution < -0.4 is 16.7 Å². The Labute approximate surface area is 160 Å². The molecule has 1 amide bonds. The molecule has 0 fully saturated rings. The number of nitrogens with one attached hydrogen (secondary N) is 2. The van der Waals surface area contributed by atoms with Crippen molar-refractivity contribution in [2.24, 2.45) is 5.10 Å². The minimum absolute atomic E-state index is 0.202. The van der Waals surface area contributed by atoms with Gasteiger partial charge >= 0.3 is 5.69 Å². The SMILES string of the molecule is O=C(NN=Cc1c(O)n(CCC2=CCCCC2)c(=O)[nH]c1=O)c1ccncc1. The van der Waals surface area contributed by atoms with E-state index >= 15 is 0 Å². The first-order valence-electron chi connectivity index (χ1n) is 9.03. The lowest BCUT2D eigenvalue weighted by atomic mass is 9.97. The van der Waals surface area contributed by atoms with Crippen molar-refractivity contribution in [2.75, 3.05) is 0 Å². The largest absolute Gasteiger partial charge is 0.494 e. The van der Waals surface area contributed by atoms with Gasteiger partial charge in [-0.15, -0.1) is 0 Å². The lowest BCUT2D eigenvalue weighted by Crippen LogP contribution is -2.32. The predicted molar refractivity (Wildman–Crippen MR) is 103 cm³/mol. The molecule has 0 saturated heterocycles. The minimum Gasteiger partial charge on any atom is -0.494 e. The van der Waals surface area contributed by atoms with Gasteiger partial charge in [-0.2, -0.15) is 5.10 Å². The number of hydrazone groups is 1. The van der Waals surface area contributed by atoms with Gasteiger partial charge in [-0.05, 0) is 44.2 Å². The second kappa shape index (κ2) is 8.94. The van der Waals surface area contributed by atoms with Crippen LogP contribution >= 0.6 is 0 Å². The van der Waals surface area contributed by atoms with E-state index in [9.17, 15) is 19.5 Å². The number of aromatic nitrogens is 3. The lowest BCUT2D eigenvalue weighted by molar-refractivity contribution is 0.0955. The first kappa shape index (κ1) is 19.3. The van der Waals surface area contributed by atoms with Gasteiger partial charge in [-0.3, -0.25) is 24.1 Å². The van der Waals surface area contributed by atoms with Gasteiger partial charge in [0.15, 0.2) is 0 Å². The first-order chi connectivity index (χ1) is 13.6. The summed E-state index contributed by atoms with van der Waals surface area (Å²) in [5.74, 6) is -0.973. The molecule has 1 aliphatic rings. The summed E-state index contributed by atoms with van der Waals surface area (Å²) in [4.78, 5) is 42.0. The molecule has 0 bridgehead atoms. The molecule has 28 heavy (non-hydrogen) atoms. The van der Waals surface area contributed by atoms with E-state index in [0.717, 1.165) is 30.0 Å². The van der Waals surface area contributed by atoms with E-state index in [1.54, 1.807) is 0 Å². The fraction of sp³-hybridized carbons (Fsp3) is 0.316. The lowest BCUT2D eigenvalue weighted by Gasteiger charge is -2.14. The summed E-state index contributed by atoms with van der Waals surface area (Å²) >= 11 is 0. The Morgan fingerprint density at radius 2 is 2.11 bits per heavy atom. The van der Waals surface area contributed by atoms with Crippen LogP contribution in [0.4, 0.5) is 0 Å². The van der Waals surface area contributed by atoms with Crippen molar-refractivity contribution in [1.82, 2.24) is 20.0 Å². The molecule has 9 heteroatoms. The molecule has 2 aromatic rings. The molecule has 0 aromatic carbocycles. The quantitative estimate of drug-likeness (QED) is 0.393. The van der Waals surface area contributed by atoms with Gasteiger partial charge in [0, 0.05) is 24.5 Å². The Hall–Kier alpha value is -3.49. The second-order valence-corrected chi connectivity index (χ2v) is 6.44. The topological polar surface area (TPSA) is 129 Å². The maximum Gasteiger partial charge on any atom is 0.331 e. The minimum atomic E-state index is -0.780. The number of rotatable bonds is 6. The number of nitrogens with zero attached hydrogens (tertiary/aromatic N) is 3. The number of pyridine rings is 1. The Morgan fingerprint density at radius 3 is 2.82 bits per heavy atom. The maximum absolute atomic E-state index is 12.1. The summed E-state index contributed by atoms with van der Waals surface area (Å²) in [6.07, 6.45) is 11.0. The monoisotopic (exact) mass is 383 g/mol. The van der Waals surface area contributed by atoms with Crippen molar-refractivity contribution in [3.05, 3.63) is 68.1 Å². The zero-order valence-electron chi connectivity index (χ0n) is 15.2. The molecule has 3 rings (SSSR count). The summed E-state index contributed by atoms with van der Waals surface area (Å²) in [6.45, 7) is 0.248. The molecule has 9 nitrogen and oxygen atoms in total. The van der Waals surface area contributed by atoms with Crippen LogP contribution in [0.25, 0.3) is 0 Å². The molecular formula is C19H21N5O4. The fourth-order valence-electron chi connectivity index (χ4n) is 3.01. The molecule has 2 heterocycles. The summed E-state index contributed by atoms with van der Waals surface area (Å²) < 4.78 is 1.10. The molecule has 0 aliphatic heterocycles. The number of carbonyl (C=O) groups is 1. The van der Waals surface area contributed by atoms with Crippen LogP contribution in [0, 0.1) is 0 Å². The van der Waals surface area contributed by atoms with Gasteiger partial charge in [0.25, 0.3) is 11.5 Å². The second-order valence-electron chi connectivity index (χ2n) is 6.44. The van der Waals surface area contributed by atoms with Gasteiger partial charge in [-0.25, -0.2) is 10.2 Å². The van der Waals surface area contributed by atoms with E-state index in [0.29, 0.717) is 12.0 Å². The van der Waals surface area contributed by atoms with Crippen LogP contribution in [0.1, 0.15) is 48.0 Å². The third-order valence-electron chi connectivity index (χ3n) is 4.55. The van der Waals surface area contributed by atoms with E-state index in [4.69, 9.17) is 0 Å². The number of aromatic amines is 1. The highest BCUT2D eigenvalue weighted by molar-refractivity contribution is 5.94. The smallest absolute Gasteiger partial charge is 0.331 e. The highest BCUT2D eigenvalue weighted by Crippen LogP contribution is 2.21. The molecule has 0 atom stereocenters. The number of amides is 1. The van der Waals surface area contributed by atoms with Gasteiger partial charge < -0.3 is 5.11 Å². The third kappa shape index (κ3) is 4.61. The van der Waals surface area contributed by atoms with Crippen LogP contribution in [0.15, 0.2) is 50.9 Å². The number of aromatic hydroxyl groups is 1. The molecule has 0 unspecified atom stereocenters. The normalized spacial score (nSPS) is 14.1. The van der Waals surface area contributed by atoms with Crippen molar-refractivity contribution in [3.63, 3.8) is 0 Å². The van der Waals surface area contributed by atoms with Crippen molar-refractivity contribution in [3.8, 4) is 5.88 Å². The molecule has 0 spiro atoms. The molecule has 1 aliphatic carbocycles. The highest BCUT2D eigenvalue weighted by Gasteiger charge is 2.14. The number of carbonyl (C=O) groups excluding carboxylic acids is 1. The van der Waals surface area contributed by atoms with Crippen molar-refractivity contribution < 1.29 is 9.90 Å². The Morgan fingerprint density at radius 1 is 1.32 bits per heavy atom. The summed E-state index contributed by atoms with van der Waals surface area (Å²) in [5, 5.41) is 14.1. The summed E-state index contributed by atoms with van der Waals surface area (Å²) in [6, 6.07) is 3.02. The van der Waals surface area contributed by atoms with Crippen LogP contribution in [0.2, 0.25) is 0 Å². The molecule has 146 valence electrons. The molecule has 3 N–H and O–H groups in total. The van der Waals surface area contributed by atoms with Crippen molar-refractivity contribution >= 4 is 12.1 Å². The highest BCUT2D eigenvalue weighted by atomic mass is 16.3. The zero-order chi connectivity index (χ0) is 19.9. The predicted octanol–water partition coefficient (Wildman–Crippen LogP) is 1.29. The molecule has 0 radical (unpaired) electrons. The van der Waals surface area contributed by atoms with Crippen LogP contribution in [0.5, 0.6) is 5.88 Å². The van der Waals surface area contributed by atoms with Crippen molar-refractivity contribution in [2.45, 2.75) is 38.6 Å². The van der Waals surface area contributed by atoms with Gasteiger partial charge in [0.05, 0.1) is 6.21 Å². The third-order valence-corrected chi connectivity index (χ3v) is 4.55. The number of H-pyrrole nitrogens is 1. The average Bonchev–Trinajstić information content (AvgIpc) is 2.71. The first-order valence-corrected chi connectivity index (χ1v) is 9.03. The zero-order valence-corrected chi connectivity index (χ0v) is 15.2. The Kier molecular flexibility index (Phi) is 6.15. The van der Waals surface area contributed by atoms with E-state index in [1.807, 2.05) is 0 Å². The summed E-state index contributed by atoms with van der Waals surface area (Å²) in [7, 11) is 0. The Bertz CT molecular complexity index is 1020. The van der Waals surface area contributed by atoms with E-state index in [1.165, 1.54) is 36.5 Å². The fourth-order valence-corrected chi connectivity index (χ4v) is 3.01. The maximum atomic E-state index is 12.1. The standard InChI is InChI=1S/C19H21N5O4/c25-16(14-6-9-20-10-7-14)23-21-12-15-17(26)22-19(28)24(18(15)27)11-8-13-4-2-1-3-5-13/h4,6-7,9-10,12,27H,1-3,5,8,11H2,(H,23,25)(H,22,26,28). The van der Waals surface area contributed by atoms with E-state index in [2.05, 4.69) is 26.6 Å². The number of allylic oxidation sites excluding steroid dienone is 2. The van der Waals surface area contributed by atoms with Gasteiger partial charge in [0.1, 0.15) is 5.56 Å². The average molecular weight is 383 g/mol. The summed E-state index contributed by atoms with van der Waals surface area (Å²) in [5.41, 5.74) is 2.18. The van der Waals surface area contributed by atoms with E-state index in [-0.39, 0.29) is 12.1 Å². The Balaban J connectivity index is 1.75. The number of hydrogen-bond acceptors (Lipinski definition) is 6. The van der Waals surface area contributed by atoms with Gasteiger partial charge in [-0.1, -0.05) is 11.6 Å². The van der Waals surface area contributed by atoms with Crippen LogP contribution in [0.3, 0.4) is 0 Å². The van der Waals surface area contributed by atoms with E-state index < -0.39 is 23.0 Å². The number of hydrogen-bond donors (Lipinski definition) is 3. The molecule has 0 saturated carbocycles. The van der Waals surface area contributed by atoms with Crippen LogP contribution in [-0.4, -0.2) is 31.8 Å². The molecular weight excluding hydrogens is 362 g/mol. The molecule has 2 aromatic heterocycles. The van der Waals surface area contributed by atoms with Gasteiger partial charge in [0.2, 0.25) is 5.88 Å².